The Labute approximate surface area is 109 Å². The molecule has 0 radical (unpaired) electrons. The van der Waals surface area contributed by atoms with Gasteiger partial charge in [0.15, 0.2) is 0 Å². The van der Waals surface area contributed by atoms with E-state index in [0.29, 0.717) is 10.8 Å². The molecule has 0 saturated heterocycles. The summed E-state index contributed by atoms with van der Waals surface area (Å²) in [4.78, 5) is 28.0. The summed E-state index contributed by atoms with van der Waals surface area (Å²) >= 11 is 0. The fourth-order valence-electron chi connectivity index (χ4n) is 1.81. The Kier molecular flexibility index (Phi) is 3.62. The number of pyridine rings is 2. The first-order valence-corrected chi connectivity index (χ1v) is 5.77. The van der Waals surface area contributed by atoms with Gasteiger partial charge in [0, 0.05) is 12.4 Å². The fraction of sp³-hybridized carbons (Fsp3) is 0.214. The van der Waals surface area contributed by atoms with E-state index in [1.807, 2.05) is 0 Å². The van der Waals surface area contributed by atoms with Gasteiger partial charge in [0.1, 0.15) is 5.69 Å². The topological polar surface area (TPSA) is 61.2 Å². The Bertz CT molecular complexity index is 726. The first kappa shape index (κ1) is 12.8. The first-order chi connectivity index (χ1) is 9.19. The standard InChI is InChI=1S/C14H12N2O3/c1-3-7-16-12(14(18)19-4-2)8-10-5-6-15-9-11(10)13(16)17/h1,5-6,8-9H,4,7H2,2H3. The predicted molar refractivity (Wildman–Crippen MR) is 70.8 cm³/mol. The third-order valence-corrected chi connectivity index (χ3v) is 2.65. The minimum absolute atomic E-state index is 0.0117. The van der Waals surface area contributed by atoms with E-state index in [9.17, 15) is 9.59 Å². The van der Waals surface area contributed by atoms with Crippen molar-refractivity contribution in [1.82, 2.24) is 9.55 Å². The van der Waals surface area contributed by atoms with Crippen molar-refractivity contribution < 1.29 is 9.53 Å². The molecule has 5 nitrogen and oxygen atoms in total. The summed E-state index contributed by atoms with van der Waals surface area (Å²) in [5.41, 5.74) is -0.185. The summed E-state index contributed by atoms with van der Waals surface area (Å²) in [5.74, 6) is 1.80. The lowest BCUT2D eigenvalue weighted by Gasteiger charge is -2.10. The molecule has 2 rings (SSSR count). The van der Waals surface area contributed by atoms with E-state index in [1.54, 1.807) is 25.3 Å². The molecule has 0 amide bonds. The van der Waals surface area contributed by atoms with Crippen LogP contribution < -0.4 is 5.56 Å². The lowest BCUT2D eigenvalue weighted by Crippen LogP contribution is -2.26. The van der Waals surface area contributed by atoms with Gasteiger partial charge < -0.3 is 4.74 Å². The highest BCUT2D eigenvalue weighted by Gasteiger charge is 2.15. The molecule has 19 heavy (non-hydrogen) atoms. The maximum absolute atomic E-state index is 12.3. The summed E-state index contributed by atoms with van der Waals surface area (Å²) in [7, 11) is 0. The molecule has 0 aromatic carbocycles. The van der Waals surface area contributed by atoms with E-state index in [0.717, 1.165) is 0 Å². The van der Waals surface area contributed by atoms with Crippen LogP contribution in [0.2, 0.25) is 0 Å². The van der Waals surface area contributed by atoms with Crippen LogP contribution in [-0.2, 0) is 11.3 Å². The van der Waals surface area contributed by atoms with E-state index in [2.05, 4.69) is 10.9 Å². The fourth-order valence-corrected chi connectivity index (χ4v) is 1.81. The third kappa shape index (κ3) is 2.33. The maximum Gasteiger partial charge on any atom is 0.355 e. The van der Waals surface area contributed by atoms with Gasteiger partial charge in [-0.25, -0.2) is 4.79 Å². The van der Waals surface area contributed by atoms with Crippen molar-refractivity contribution in [1.29, 1.82) is 0 Å². The minimum Gasteiger partial charge on any atom is -0.461 e. The van der Waals surface area contributed by atoms with Crippen molar-refractivity contribution in [3.63, 3.8) is 0 Å². The molecule has 0 fully saturated rings. The Morgan fingerprint density at radius 2 is 2.37 bits per heavy atom. The van der Waals surface area contributed by atoms with Crippen LogP contribution in [0.5, 0.6) is 0 Å². The third-order valence-electron chi connectivity index (χ3n) is 2.65. The quantitative estimate of drug-likeness (QED) is 0.611. The van der Waals surface area contributed by atoms with Gasteiger partial charge in [-0.3, -0.25) is 14.3 Å². The average Bonchev–Trinajstić information content (AvgIpc) is 2.42. The average molecular weight is 256 g/mol. The van der Waals surface area contributed by atoms with Gasteiger partial charge in [0.05, 0.1) is 18.5 Å². The second-order valence-electron chi connectivity index (χ2n) is 3.81. The van der Waals surface area contributed by atoms with E-state index in [4.69, 9.17) is 11.2 Å². The molecule has 2 aromatic rings. The molecule has 0 aliphatic carbocycles. The number of hydrogen-bond donors (Lipinski definition) is 0. The SMILES string of the molecule is C#CCn1c(C(=O)OCC)cc2ccncc2c1=O. The molecule has 0 aliphatic rings. The van der Waals surface area contributed by atoms with Crippen LogP contribution in [0.1, 0.15) is 17.4 Å². The minimum atomic E-state index is -0.562. The van der Waals surface area contributed by atoms with Crippen LogP contribution in [0.3, 0.4) is 0 Å². The number of rotatable bonds is 3. The largest absolute Gasteiger partial charge is 0.461 e. The monoisotopic (exact) mass is 256 g/mol. The normalized spacial score (nSPS) is 10.1. The van der Waals surface area contributed by atoms with E-state index >= 15 is 0 Å². The van der Waals surface area contributed by atoms with Crippen LogP contribution in [0, 0.1) is 12.3 Å². The molecule has 0 bridgehead atoms. The molecule has 0 N–H and O–H groups in total. The Morgan fingerprint density at radius 3 is 3.05 bits per heavy atom. The smallest absolute Gasteiger partial charge is 0.355 e. The summed E-state index contributed by atoms with van der Waals surface area (Å²) in [6, 6.07) is 3.26. The molecule has 0 atom stereocenters. The number of nitrogens with zero attached hydrogens (tertiary/aromatic N) is 2. The van der Waals surface area contributed by atoms with Crippen LogP contribution in [0.4, 0.5) is 0 Å². The Morgan fingerprint density at radius 1 is 1.58 bits per heavy atom. The molecular weight excluding hydrogens is 244 g/mol. The number of esters is 1. The van der Waals surface area contributed by atoms with Crippen molar-refractivity contribution in [2.75, 3.05) is 6.61 Å². The van der Waals surface area contributed by atoms with Crippen molar-refractivity contribution >= 4 is 16.7 Å². The highest BCUT2D eigenvalue weighted by Crippen LogP contribution is 2.11. The number of fused-ring (bicyclic) bond motifs is 1. The van der Waals surface area contributed by atoms with Crippen molar-refractivity contribution in [3.8, 4) is 12.3 Å². The van der Waals surface area contributed by atoms with Crippen LogP contribution in [0.25, 0.3) is 10.8 Å². The van der Waals surface area contributed by atoms with Crippen LogP contribution in [0.15, 0.2) is 29.3 Å². The second-order valence-corrected chi connectivity index (χ2v) is 3.81. The number of ether oxygens (including phenoxy) is 1. The van der Waals surface area contributed by atoms with E-state index in [1.165, 1.54) is 10.8 Å². The predicted octanol–water partition coefficient (Wildman–Crippen LogP) is 1.21. The summed E-state index contributed by atoms with van der Waals surface area (Å²) < 4.78 is 6.16. The lowest BCUT2D eigenvalue weighted by atomic mass is 10.2. The molecule has 2 aromatic heterocycles. The summed E-state index contributed by atoms with van der Waals surface area (Å²) in [6.07, 6.45) is 8.25. The van der Waals surface area contributed by atoms with Gasteiger partial charge in [-0.15, -0.1) is 6.42 Å². The highest BCUT2D eigenvalue weighted by atomic mass is 16.5. The zero-order valence-electron chi connectivity index (χ0n) is 10.4. The molecule has 0 aliphatic heterocycles. The van der Waals surface area contributed by atoms with Gasteiger partial charge in [-0.2, -0.15) is 0 Å². The number of aromatic nitrogens is 2. The number of terminal acetylenes is 1. The first-order valence-electron chi connectivity index (χ1n) is 5.77. The Balaban J connectivity index is 2.74. The van der Waals surface area contributed by atoms with Crippen LogP contribution >= 0.6 is 0 Å². The molecule has 0 saturated carbocycles. The summed E-state index contributed by atoms with van der Waals surface area (Å²) in [6.45, 7) is 1.95. The summed E-state index contributed by atoms with van der Waals surface area (Å²) in [5, 5.41) is 1.06. The second kappa shape index (κ2) is 5.36. The molecular formula is C14H12N2O3. The molecule has 2 heterocycles. The van der Waals surface area contributed by atoms with Gasteiger partial charge >= 0.3 is 5.97 Å². The van der Waals surface area contributed by atoms with Crippen LogP contribution in [-0.4, -0.2) is 22.1 Å². The highest BCUT2D eigenvalue weighted by molar-refractivity contribution is 5.93. The zero-order valence-corrected chi connectivity index (χ0v) is 10.4. The van der Waals surface area contributed by atoms with Crippen molar-refractivity contribution in [3.05, 3.63) is 40.6 Å². The molecule has 5 heteroatoms. The van der Waals surface area contributed by atoms with Gasteiger partial charge in [0.2, 0.25) is 0 Å². The zero-order chi connectivity index (χ0) is 13.8. The Hall–Kier alpha value is -2.61. The lowest BCUT2D eigenvalue weighted by molar-refractivity contribution is 0.0513. The number of carbonyl (C=O) groups is 1. The molecule has 0 spiro atoms. The van der Waals surface area contributed by atoms with Crippen molar-refractivity contribution in [2.24, 2.45) is 0 Å². The van der Waals surface area contributed by atoms with Gasteiger partial charge in [-0.1, -0.05) is 5.92 Å². The maximum atomic E-state index is 12.3. The van der Waals surface area contributed by atoms with E-state index in [-0.39, 0.29) is 24.4 Å². The van der Waals surface area contributed by atoms with Crippen molar-refractivity contribution in [2.45, 2.75) is 13.5 Å². The molecule has 96 valence electrons. The number of carbonyl (C=O) groups excluding carboxylic acids is 1. The van der Waals surface area contributed by atoms with Gasteiger partial charge in [0.25, 0.3) is 5.56 Å². The van der Waals surface area contributed by atoms with Gasteiger partial charge in [-0.05, 0) is 24.4 Å². The number of hydrogen-bond acceptors (Lipinski definition) is 4. The van der Waals surface area contributed by atoms with E-state index < -0.39 is 5.97 Å². The molecule has 0 unspecified atom stereocenters.